The summed E-state index contributed by atoms with van der Waals surface area (Å²) in [4.78, 5) is 25.1. The topological polar surface area (TPSA) is 66.3 Å². The Labute approximate surface area is 133 Å². The summed E-state index contributed by atoms with van der Waals surface area (Å²) in [5.74, 6) is 0.312. The third-order valence-corrected chi connectivity index (χ3v) is 5.99. The molecule has 0 bridgehead atoms. The molecule has 1 aliphatic heterocycles. The number of fused-ring (bicyclic) bond motifs is 3. The third kappa shape index (κ3) is 2.17. The van der Waals surface area contributed by atoms with Crippen LogP contribution in [-0.4, -0.2) is 34.1 Å². The first-order valence-corrected chi connectivity index (χ1v) is 8.68. The fourth-order valence-corrected chi connectivity index (χ4v) is 5.08. The average Bonchev–Trinajstić information content (AvgIpc) is 3.06. The van der Waals surface area contributed by atoms with Crippen LogP contribution >= 0.6 is 11.3 Å². The van der Waals surface area contributed by atoms with E-state index >= 15 is 0 Å². The normalized spacial score (nSPS) is 24.7. The molecule has 22 heavy (non-hydrogen) atoms. The number of anilines is 1. The van der Waals surface area contributed by atoms with E-state index in [2.05, 4.69) is 21.8 Å². The van der Waals surface area contributed by atoms with Crippen LogP contribution in [0.2, 0.25) is 0 Å². The molecule has 6 heteroatoms. The molecule has 3 heterocycles. The molecule has 0 spiro atoms. The molecular weight excluding hydrogens is 298 g/mol. The van der Waals surface area contributed by atoms with Crippen molar-refractivity contribution < 1.29 is 9.90 Å². The number of aryl methyl sites for hydroxylation is 2. The molecular formula is C16H19N3O2S. The number of aliphatic carboxylic acids is 1. The van der Waals surface area contributed by atoms with Crippen molar-refractivity contribution in [2.24, 2.45) is 11.8 Å². The van der Waals surface area contributed by atoms with Crippen molar-refractivity contribution in [1.29, 1.82) is 0 Å². The van der Waals surface area contributed by atoms with Gasteiger partial charge in [0.25, 0.3) is 0 Å². The van der Waals surface area contributed by atoms with Gasteiger partial charge in [-0.15, -0.1) is 11.3 Å². The van der Waals surface area contributed by atoms with Crippen LogP contribution in [0.15, 0.2) is 6.33 Å². The van der Waals surface area contributed by atoms with Gasteiger partial charge in [0.15, 0.2) is 0 Å². The van der Waals surface area contributed by atoms with E-state index in [4.69, 9.17) is 0 Å². The Kier molecular flexibility index (Phi) is 3.29. The Morgan fingerprint density at radius 3 is 3.05 bits per heavy atom. The molecule has 2 aromatic heterocycles. The number of carboxylic acid groups (broad SMARTS) is 1. The largest absolute Gasteiger partial charge is 0.481 e. The molecule has 116 valence electrons. The van der Waals surface area contributed by atoms with Crippen molar-refractivity contribution >= 4 is 33.3 Å². The van der Waals surface area contributed by atoms with Crippen LogP contribution in [-0.2, 0) is 17.6 Å². The quantitative estimate of drug-likeness (QED) is 0.922. The second-order valence-electron chi connectivity index (χ2n) is 6.52. The lowest BCUT2D eigenvalue weighted by Crippen LogP contribution is -2.43. The van der Waals surface area contributed by atoms with E-state index in [0.717, 1.165) is 36.5 Å². The van der Waals surface area contributed by atoms with Gasteiger partial charge in [-0.3, -0.25) is 4.79 Å². The number of nitrogens with zero attached hydrogens (tertiary/aromatic N) is 3. The molecule has 2 atom stereocenters. The Morgan fingerprint density at radius 1 is 1.36 bits per heavy atom. The molecule has 0 radical (unpaired) electrons. The molecule has 2 unspecified atom stereocenters. The maximum absolute atomic E-state index is 11.4. The van der Waals surface area contributed by atoms with Crippen LogP contribution in [0.3, 0.4) is 0 Å². The van der Waals surface area contributed by atoms with Gasteiger partial charge in [-0.05, 0) is 37.2 Å². The van der Waals surface area contributed by atoms with Crippen LogP contribution in [0, 0.1) is 11.8 Å². The van der Waals surface area contributed by atoms with Crippen molar-refractivity contribution in [3.63, 3.8) is 0 Å². The van der Waals surface area contributed by atoms with Gasteiger partial charge < -0.3 is 10.0 Å². The van der Waals surface area contributed by atoms with Gasteiger partial charge >= 0.3 is 5.97 Å². The number of carboxylic acids is 1. The fraction of sp³-hybridized carbons (Fsp3) is 0.562. The summed E-state index contributed by atoms with van der Waals surface area (Å²) in [6, 6.07) is 0. The van der Waals surface area contributed by atoms with Gasteiger partial charge in [0.1, 0.15) is 17.0 Å². The van der Waals surface area contributed by atoms with E-state index in [9.17, 15) is 9.90 Å². The number of carbonyl (C=O) groups is 1. The van der Waals surface area contributed by atoms with Crippen LogP contribution in [0.4, 0.5) is 5.82 Å². The maximum atomic E-state index is 11.4. The summed E-state index contributed by atoms with van der Waals surface area (Å²) < 4.78 is 0. The Balaban J connectivity index is 1.78. The number of hydrogen-bond acceptors (Lipinski definition) is 5. The monoisotopic (exact) mass is 317 g/mol. The van der Waals surface area contributed by atoms with Crippen LogP contribution < -0.4 is 4.90 Å². The zero-order valence-corrected chi connectivity index (χ0v) is 13.4. The van der Waals surface area contributed by atoms with Crippen molar-refractivity contribution in [2.45, 2.75) is 32.6 Å². The van der Waals surface area contributed by atoms with Crippen LogP contribution in [0.1, 0.15) is 30.2 Å². The molecule has 0 saturated carbocycles. The Hall–Kier alpha value is -1.69. The predicted molar refractivity (Wildman–Crippen MR) is 86.6 cm³/mol. The lowest BCUT2D eigenvalue weighted by atomic mass is 9.90. The minimum atomic E-state index is -0.697. The van der Waals surface area contributed by atoms with Gasteiger partial charge in [0.05, 0.1) is 11.3 Å². The van der Waals surface area contributed by atoms with E-state index in [-0.39, 0.29) is 5.92 Å². The predicted octanol–water partition coefficient (Wildman–Crippen LogP) is 2.73. The standard InChI is InChI=1S/C16H19N3O2S/c1-9-5-10(16(20)21)7-19(6-9)14-13-11-3-2-4-12(11)22-15(13)18-8-17-14/h8-10H,2-7H2,1H3,(H,20,21). The van der Waals surface area contributed by atoms with Crippen molar-refractivity contribution in [1.82, 2.24) is 9.97 Å². The first-order chi connectivity index (χ1) is 10.6. The SMILES string of the molecule is CC1CC(C(=O)O)CN(c2ncnc3sc4c(c23)CCC4)C1. The average molecular weight is 317 g/mol. The van der Waals surface area contributed by atoms with Crippen molar-refractivity contribution in [2.75, 3.05) is 18.0 Å². The first-order valence-electron chi connectivity index (χ1n) is 7.86. The minimum Gasteiger partial charge on any atom is -0.481 e. The molecule has 2 aromatic rings. The highest BCUT2D eigenvalue weighted by molar-refractivity contribution is 7.19. The first kappa shape index (κ1) is 13.9. The van der Waals surface area contributed by atoms with E-state index in [1.807, 2.05) is 0 Å². The number of hydrogen-bond donors (Lipinski definition) is 1. The number of rotatable bonds is 2. The van der Waals surface area contributed by atoms with E-state index in [1.165, 1.54) is 22.2 Å². The van der Waals surface area contributed by atoms with Crippen LogP contribution in [0.25, 0.3) is 10.2 Å². The zero-order valence-electron chi connectivity index (χ0n) is 12.6. The summed E-state index contributed by atoms with van der Waals surface area (Å²) >= 11 is 1.78. The highest BCUT2D eigenvalue weighted by Gasteiger charge is 2.32. The maximum Gasteiger partial charge on any atom is 0.308 e. The van der Waals surface area contributed by atoms with Gasteiger partial charge in [-0.1, -0.05) is 6.92 Å². The number of aromatic nitrogens is 2. The lowest BCUT2D eigenvalue weighted by Gasteiger charge is -2.35. The van der Waals surface area contributed by atoms with Gasteiger partial charge in [-0.25, -0.2) is 9.97 Å². The van der Waals surface area contributed by atoms with Crippen LogP contribution in [0.5, 0.6) is 0 Å². The third-order valence-electron chi connectivity index (χ3n) is 4.79. The second kappa shape index (κ2) is 5.19. The molecule has 1 N–H and O–H groups in total. The molecule has 1 saturated heterocycles. The van der Waals surface area contributed by atoms with Crippen molar-refractivity contribution in [3.05, 3.63) is 16.8 Å². The molecule has 4 rings (SSSR count). The highest BCUT2D eigenvalue weighted by atomic mass is 32.1. The minimum absolute atomic E-state index is 0.305. The molecule has 0 amide bonds. The summed E-state index contributed by atoms with van der Waals surface area (Å²) in [7, 11) is 0. The number of piperidine rings is 1. The smallest absolute Gasteiger partial charge is 0.308 e. The fourth-order valence-electron chi connectivity index (χ4n) is 3.86. The van der Waals surface area contributed by atoms with E-state index in [0.29, 0.717) is 12.5 Å². The Bertz CT molecular complexity index is 742. The molecule has 0 aromatic carbocycles. The Morgan fingerprint density at radius 2 is 2.23 bits per heavy atom. The number of thiophene rings is 1. The highest BCUT2D eigenvalue weighted by Crippen LogP contribution is 2.41. The summed E-state index contributed by atoms with van der Waals surface area (Å²) in [6.07, 6.45) is 5.82. The summed E-state index contributed by atoms with van der Waals surface area (Å²) in [5.41, 5.74) is 1.40. The van der Waals surface area contributed by atoms with E-state index < -0.39 is 5.97 Å². The van der Waals surface area contributed by atoms with E-state index in [1.54, 1.807) is 17.7 Å². The molecule has 5 nitrogen and oxygen atoms in total. The molecule has 1 fully saturated rings. The summed E-state index contributed by atoms with van der Waals surface area (Å²) in [5, 5.41) is 10.6. The second-order valence-corrected chi connectivity index (χ2v) is 7.60. The van der Waals surface area contributed by atoms with Crippen molar-refractivity contribution in [3.8, 4) is 0 Å². The zero-order chi connectivity index (χ0) is 15.3. The molecule has 2 aliphatic rings. The van der Waals surface area contributed by atoms with Gasteiger partial charge in [0.2, 0.25) is 0 Å². The van der Waals surface area contributed by atoms with Gasteiger partial charge in [0, 0.05) is 18.0 Å². The molecule has 1 aliphatic carbocycles. The van der Waals surface area contributed by atoms with Gasteiger partial charge in [-0.2, -0.15) is 0 Å². The summed E-state index contributed by atoms with van der Waals surface area (Å²) in [6.45, 7) is 3.55. The lowest BCUT2D eigenvalue weighted by molar-refractivity contribution is -0.142.